The van der Waals surface area contributed by atoms with Gasteiger partial charge in [0.1, 0.15) is 0 Å². The molecule has 0 unspecified atom stereocenters. The second-order valence-corrected chi connectivity index (χ2v) is 4.98. The van der Waals surface area contributed by atoms with Gasteiger partial charge in [-0.3, -0.25) is 10.1 Å². The van der Waals surface area contributed by atoms with E-state index in [9.17, 15) is 10.1 Å². The van der Waals surface area contributed by atoms with Gasteiger partial charge >= 0.3 is 0 Å². The van der Waals surface area contributed by atoms with E-state index in [1.54, 1.807) is 6.07 Å². The van der Waals surface area contributed by atoms with E-state index in [2.05, 4.69) is 45.0 Å². The first-order valence-electron chi connectivity index (χ1n) is 5.92. The minimum atomic E-state index is -0.407. The zero-order valence-corrected chi connectivity index (χ0v) is 12.1. The van der Waals surface area contributed by atoms with Crippen LogP contribution in [0.1, 0.15) is 12.5 Å². The number of non-ortho nitro benzene ring substituents is 1. The van der Waals surface area contributed by atoms with Gasteiger partial charge in [0, 0.05) is 47.8 Å². The van der Waals surface area contributed by atoms with E-state index >= 15 is 0 Å². The average Bonchev–Trinajstić information content (AvgIpc) is 2.85. The third-order valence-corrected chi connectivity index (χ3v) is 3.48. The van der Waals surface area contributed by atoms with Crippen LogP contribution in [0.15, 0.2) is 41.1 Å². The molecule has 0 saturated carbocycles. The quantitative estimate of drug-likeness (QED) is 0.672. The highest BCUT2D eigenvalue weighted by Crippen LogP contribution is 2.27. The second-order valence-electron chi connectivity index (χ2n) is 4.13. The number of benzene rings is 1. The van der Waals surface area contributed by atoms with Crippen molar-refractivity contribution in [1.82, 2.24) is 4.57 Å². The number of halogens is 1. The van der Waals surface area contributed by atoms with Crippen LogP contribution in [0.4, 0.5) is 11.4 Å². The maximum absolute atomic E-state index is 10.6. The summed E-state index contributed by atoms with van der Waals surface area (Å²) in [4.78, 5) is 10.2. The molecule has 5 nitrogen and oxygen atoms in total. The van der Waals surface area contributed by atoms with Gasteiger partial charge in [0.15, 0.2) is 0 Å². The molecule has 2 aromatic rings. The van der Waals surface area contributed by atoms with Gasteiger partial charge < -0.3 is 9.88 Å². The van der Waals surface area contributed by atoms with Crippen LogP contribution in [0.25, 0.3) is 0 Å². The molecule has 0 atom stereocenters. The molecule has 0 fully saturated rings. The molecule has 0 spiro atoms. The normalized spacial score (nSPS) is 10.4. The van der Waals surface area contributed by atoms with Gasteiger partial charge in [0.05, 0.1) is 4.92 Å². The third-order valence-electron chi connectivity index (χ3n) is 2.82. The molecule has 2 rings (SSSR count). The van der Waals surface area contributed by atoms with Crippen molar-refractivity contribution in [3.63, 3.8) is 0 Å². The molecule has 0 aliphatic heterocycles. The van der Waals surface area contributed by atoms with Crippen LogP contribution < -0.4 is 5.32 Å². The Labute approximate surface area is 119 Å². The summed E-state index contributed by atoms with van der Waals surface area (Å²) >= 11 is 3.34. The predicted molar refractivity (Wildman–Crippen MR) is 78.2 cm³/mol. The van der Waals surface area contributed by atoms with E-state index in [-0.39, 0.29) is 5.69 Å². The third kappa shape index (κ3) is 3.35. The number of hydrogen-bond donors (Lipinski definition) is 1. The molecule has 0 bridgehead atoms. The SMILES string of the molecule is CCn1ccc(CNc2ccc([N+](=O)[O-])cc2Br)c1. The van der Waals surface area contributed by atoms with Gasteiger partial charge in [-0.2, -0.15) is 0 Å². The fourth-order valence-corrected chi connectivity index (χ4v) is 2.26. The van der Waals surface area contributed by atoms with Crippen LogP contribution in [-0.2, 0) is 13.1 Å². The Hall–Kier alpha value is -1.82. The fraction of sp³-hybridized carbons (Fsp3) is 0.231. The molecule has 1 aromatic carbocycles. The molecule has 6 heteroatoms. The van der Waals surface area contributed by atoms with Crippen molar-refractivity contribution >= 4 is 27.3 Å². The Kier molecular flexibility index (Phi) is 4.21. The van der Waals surface area contributed by atoms with E-state index < -0.39 is 4.92 Å². The van der Waals surface area contributed by atoms with Crippen molar-refractivity contribution in [2.75, 3.05) is 5.32 Å². The number of rotatable bonds is 5. The summed E-state index contributed by atoms with van der Waals surface area (Å²) in [7, 11) is 0. The molecule has 0 saturated heterocycles. The average molecular weight is 324 g/mol. The molecule has 1 heterocycles. The van der Waals surface area contributed by atoms with Crippen LogP contribution in [0, 0.1) is 10.1 Å². The molecular weight excluding hydrogens is 310 g/mol. The van der Waals surface area contributed by atoms with Gasteiger partial charge in [-0.25, -0.2) is 0 Å². The number of nitro benzene ring substituents is 1. The molecule has 19 heavy (non-hydrogen) atoms. The lowest BCUT2D eigenvalue weighted by Crippen LogP contribution is -2.00. The Balaban J connectivity index is 2.05. The number of aryl methyl sites for hydroxylation is 1. The largest absolute Gasteiger partial charge is 0.380 e. The molecule has 0 amide bonds. The maximum atomic E-state index is 10.6. The van der Waals surface area contributed by atoms with Crippen molar-refractivity contribution in [2.24, 2.45) is 0 Å². The highest BCUT2D eigenvalue weighted by Gasteiger charge is 2.08. The molecule has 0 aliphatic rings. The first kappa shape index (κ1) is 13.6. The lowest BCUT2D eigenvalue weighted by atomic mass is 10.2. The lowest BCUT2D eigenvalue weighted by Gasteiger charge is -2.07. The minimum Gasteiger partial charge on any atom is -0.380 e. The molecule has 0 radical (unpaired) electrons. The van der Waals surface area contributed by atoms with Crippen molar-refractivity contribution < 1.29 is 4.92 Å². The van der Waals surface area contributed by atoms with E-state index in [1.807, 2.05) is 6.20 Å². The Morgan fingerprint density at radius 1 is 1.42 bits per heavy atom. The van der Waals surface area contributed by atoms with Crippen molar-refractivity contribution in [3.8, 4) is 0 Å². The van der Waals surface area contributed by atoms with E-state index in [0.29, 0.717) is 11.0 Å². The van der Waals surface area contributed by atoms with Crippen LogP contribution >= 0.6 is 15.9 Å². The van der Waals surface area contributed by atoms with Crippen molar-refractivity contribution in [3.05, 3.63) is 56.8 Å². The van der Waals surface area contributed by atoms with Gasteiger partial charge in [-0.15, -0.1) is 0 Å². The van der Waals surface area contributed by atoms with Gasteiger partial charge in [-0.05, 0) is 40.5 Å². The zero-order chi connectivity index (χ0) is 13.8. The summed E-state index contributed by atoms with van der Waals surface area (Å²) in [6, 6.07) is 6.75. The van der Waals surface area contributed by atoms with Crippen LogP contribution in [-0.4, -0.2) is 9.49 Å². The van der Waals surface area contributed by atoms with Crippen molar-refractivity contribution in [2.45, 2.75) is 20.0 Å². The number of nitro groups is 1. The second kappa shape index (κ2) is 5.88. The summed E-state index contributed by atoms with van der Waals surface area (Å²) in [6.45, 7) is 3.72. The number of anilines is 1. The first-order valence-corrected chi connectivity index (χ1v) is 6.72. The highest BCUT2D eigenvalue weighted by molar-refractivity contribution is 9.10. The molecule has 1 aromatic heterocycles. The topological polar surface area (TPSA) is 60.1 Å². The van der Waals surface area contributed by atoms with Crippen LogP contribution in [0.5, 0.6) is 0 Å². The smallest absolute Gasteiger partial charge is 0.270 e. The van der Waals surface area contributed by atoms with Gasteiger partial charge in [0.25, 0.3) is 5.69 Å². The maximum Gasteiger partial charge on any atom is 0.270 e. The van der Waals surface area contributed by atoms with Crippen LogP contribution in [0.3, 0.4) is 0 Å². The molecule has 0 aliphatic carbocycles. The molecule has 100 valence electrons. The van der Waals surface area contributed by atoms with E-state index in [0.717, 1.165) is 12.2 Å². The van der Waals surface area contributed by atoms with Crippen LogP contribution in [0.2, 0.25) is 0 Å². The van der Waals surface area contributed by atoms with Gasteiger partial charge in [0.2, 0.25) is 0 Å². The van der Waals surface area contributed by atoms with Crippen molar-refractivity contribution in [1.29, 1.82) is 0 Å². The van der Waals surface area contributed by atoms with E-state index in [1.165, 1.54) is 17.7 Å². The van der Waals surface area contributed by atoms with E-state index in [4.69, 9.17) is 0 Å². The standard InChI is InChI=1S/C13H14BrN3O2/c1-2-16-6-5-10(9-16)8-15-13-4-3-11(17(18)19)7-12(13)14/h3-7,9,15H,2,8H2,1H3. The lowest BCUT2D eigenvalue weighted by molar-refractivity contribution is -0.384. The first-order chi connectivity index (χ1) is 9.10. The number of nitrogens with zero attached hydrogens (tertiary/aromatic N) is 2. The monoisotopic (exact) mass is 323 g/mol. The van der Waals surface area contributed by atoms with Gasteiger partial charge in [-0.1, -0.05) is 0 Å². The Bertz CT molecular complexity index is 595. The molecular formula is C13H14BrN3O2. The molecule has 1 N–H and O–H groups in total. The fourth-order valence-electron chi connectivity index (χ4n) is 1.75. The summed E-state index contributed by atoms with van der Waals surface area (Å²) in [5, 5.41) is 13.9. The zero-order valence-electron chi connectivity index (χ0n) is 10.5. The predicted octanol–water partition coefficient (Wildman–Crippen LogP) is 3.79. The summed E-state index contributed by atoms with van der Waals surface area (Å²) in [5.74, 6) is 0. The summed E-state index contributed by atoms with van der Waals surface area (Å²) in [5.41, 5.74) is 2.09. The Morgan fingerprint density at radius 3 is 2.79 bits per heavy atom. The summed E-state index contributed by atoms with van der Waals surface area (Å²) < 4.78 is 2.79. The number of hydrogen-bond acceptors (Lipinski definition) is 3. The number of nitrogens with one attached hydrogen (secondary N) is 1. The summed E-state index contributed by atoms with van der Waals surface area (Å²) in [6.07, 6.45) is 4.11. The number of aromatic nitrogens is 1. The minimum absolute atomic E-state index is 0.0783. The Morgan fingerprint density at radius 2 is 2.21 bits per heavy atom. The highest BCUT2D eigenvalue weighted by atomic mass is 79.9.